The summed E-state index contributed by atoms with van der Waals surface area (Å²) in [5.41, 5.74) is 0.958. The van der Waals surface area contributed by atoms with Crippen molar-refractivity contribution in [1.29, 1.82) is 0 Å². The molecule has 0 aliphatic rings. The number of nitrogens with zero attached hydrogens (tertiary/aromatic N) is 3. The Morgan fingerprint density at radius 1 is 0.667 bits per heavy atom. The van der Waals surface area contributed by atoms with E-state index in [1.54, 1.807) is 6.07 Å². The van der Waals surface area contributed by atoms with Gasteiger partial charge in [0.25, 0.3) is 0 Å². The van der Waals surface area contributed by atoms with Gasteiger partial charge in [0, 0.05) is 5.56 Å². The van der Waals surface area contributed by atoms with Crippen molar-refractivity contribution in [3.8, 4) is 40.3 Å². The fourth-order valence-electron chi connectivity index (χ4n) is 4.47. The van der Waals surface area contributed by atoms with Crippen LogP contribution in [0, 0.1) is 0 Å². The molecule has 0 radical (unpaired) electrons. The van der Waals surface area contributed by atoms with E-state index in [9.17, 15) is 10.2 Å². The summed E-state index contributed by atoms with van der Waals surface area (Å²) in [5, 5.41) is 27.6. The van der Waals surface area contributed by atoms with Crippen LogP contribution in [0.2, 0.25) is 0 Å². The van der Waals surface area contributed by atoms with Gasteiger partial charge in [-0.25, -0.2) is 4.98 Å². The molecule has 0 aliphatic carbocycles. The van der Waals surface area contributed by atoms with Crippen LogP contribution in [0.1, 0.15) is 6.92 Å². The molecule has 0 fully saturated rings. The highest BCUT2D eigenvalue weighted by Gasteiger charge is 2.19. The van der Waals surface area contributed by atoms with Crippen molar-refractivity contribution in [2.45, 2.75) is 6.92 Å². The number of hydrogen-bond acceptors (Lipinski definition) is 6. The van der Waals surface area contributed by atoms with E-state index >= 15 is 0 Å². The fraction of sp³-hybridized carbons (Fsp3) is 0.0741. The molecule has 0 saturated carbocycles. The minimum absolute atomic E-state index is 0.120. The van der Waals surface area contributed by atoms with E-state index < -0.39 is 0 Å². The minimum atomic E-state index is -0.120. The van der Waals surface area contributed by atoms with Crippen molar-refractivity contribution in [3.05, 3.63) is 72.8 Å². The van der Waals surface area contributed by atoms with Crippen LogP contribution in [0.15, 0.2) is 72.8 Å². The highest BCUT2D eigenvalue weighted by Crippen LogP contribution is 2.40. The number of phenolic OH excluding ortho intramolecular Hbond substituents is 2. The van der Waals surface area contributed by atoms with Gasteiger partial charge in [0.2, 0.25) is 0 Å². The molecule has 0 unspecified atom stereocenters. The maximum absolute atomic E-state index is 10.4. The van der Waals surface area contributed by atoms with Crippen molar-refractivity contribution < 1.29 is 14.9 Å². The summed E-state index contributed by atoms with van der Waals surface area (Å²) in [5.74, 6) is 0.309. The standard InChI is InChI=1S/C27H19N3O3/c1-2-33-27-29-25(28-26(30-27)24-20(31)7-4-8-21(24)32)19-14-12-17-10-9-15-5-3-6-16-11-13-18(19)23(17)22(15)16/h3-14,31-32H,2H2,1H3. The van der Waals surface area contributed by atoms with E-state index in [1.807, 2.05) is 13.0 Å². The van der Waals surface area contributed by atoms with Gasteiger partial charge < -0.3 is 14.9 Å². The number of phenols is 2. The predicted octanol–water partition coefficient (Wildman–Crippen LogP) is 5.91. The highest BCUT2D eigenvalue weighted by atomic mass is 16.5. The second-order valence-corrected chi connectivity index (χ2v) is 7.84. The molecule has 0 amide bonds. The molecule has 6 aromatic rings. The Labute approximate surface area is 189 Å². The monoisotopic (exact) mass is 433 g/mol. The Morgan fingerprint density at radius 2 is 1.27 bits per heavy atom. The first-order valence-corrected chi connectivity index (χ1v) is 10.7. The van der Waals surface area contributed by atoms with E-state index in [-0.39, 0.29) is 28.9 Å². The third-order valence-corrected chi connectivity index (χ3v) is 5.90. The average molecular weight is 433 g/mol. The molecular formula is C27H19N3O3. The molecule has 33 heavy (non-hydrogen) atoms. The first kappa shape index (κ1) is 19.3. The molecule has 1 aromatic heterocycles. The summed E-state index contributed by atoms with van der Waals surface area (Å²) in [6, 6.07) is 23.4. The SMILES string of the molecule is CCOc1nc(-c2c(O)cccc2O)nc(-c2ccc3ccc4cccc5ccc2c3c45)n1. The molecule has 160 valence electrons. The van der Waals surface area contributed by atoms with Gasteiger partial charge in [0.1, 0.15) is 17.1 Å². The third kappa shape index (κ3) is 2.99. The molecule has 0 bridgehead atoms. The van der Waals surface area contributed by atoms with Gasteiger partial charge in [-0.15, -0.1) is 0 Å². The summed E-state index contributed by atoms with van der Waals surface area (Å²) >= 11 is 0. The van der Waals surface area contributed by atoms with Gasteiger partial charge in [-0.3, -0.25) is 0 Å². The molecule has 1 heterocycles. The van der Waals surface area contributed by atoms with E-state index in [4.69, 9.17) is 4.74 Å². The van der Waals surface area contributed by atoms with Crippen LogP contribution in [0.5, 0.6) is 17.5 Å². The van der Waals surface area contributed by atoms with Crippen LogP contribution >= 0.6 is 0 Å². The van der Waals surface area contributed by atoms with Gasteiger partial charge in [-0.2, -0.15) is 9.97 Å². The first-order chi connectivity index (χ1) is 16.1. The molecule has 0 saturated heterocycles. The highest BCUT2D eigenvalue weighted by molar-refractivity contribution is 6.25. The van der Waals surface area contributed by atoms with Crippen LogP contribution < -0.4 is 4.74 Å². The van der Waals surface area contributed by atoms with Gasteiger partial charge in [-0.1, -0.05) is 54.6 Å². The second-order valence-electron chi connectivity index (χ2n) is 7.84. The Balaban J connectivity index is 1.66. The number of hydrogen-bond donors (Lipinski definition) is 2. The van der Waals surface area contributed by atoms with E-state index in [2.05, 4.69) is 63.5 Å². The first-order valence-electron chi connectivity index (χ1n) is 10.7. The summed E-state index contributed by atoms with van der Waals surface area (Å²) in [7, 11) is 0. The van der Waals surface area contributed by atoms with Crippen LogP contribution in [0.3, 0.4) is 0 Å². The minimum Gasteiger partial charge on any atom is -0.507 e. The van der Waals surface area contributed by atoms with Gasteiger partial charge in [-0.05, 0) is 57.4 Å². The average Bonchev–Trinajstić information content (AvgIpc) is 2.82. The van der Waals surface area contributed by atoms with Crippen molar-refractivity contribution in [1.82, 2.24) is 15.0 Å². The van der Waals surface area contributed by atoms with Crippen molar-refractivity contribution >= 4 is 32.3 Å². The molecular weight excluding hydrogens is 414 g/mol. The number of aromatic nitrogens is 3. The van der Waals surface area contributed by atoms with E-state index in [0.29, 0.717) is 12.4 Å². The van der Waals surface area contributed by atoms with Crippen LogP contribution in [-0.4, -0.2) is 31.8 Å². The Bertz CT molecular complexity index is 1630. The molecule has 6 heteroatoms. The molecule has 2 N–H and O–H groups in total. The molecule has 6 rings (SSSR count). The zero-order valence-corrected chi connectivity index (χ0v) is 17.8. The van der Waals surface area contributed by atoms with E-state index in [0.717, 1.165) is 21.7 Å². The number of aromatic hydroxyl groups is 2. The second kappa shape index (κ2) is 7.31. The lowest BCUT2D eigenvalue weighted by Crippen LogP contribution is -2.03. The smallest absolute Gasteiger partial charge is 0.320 e. The van der Waals surface area contributed by atoms with Gasteiger partial charge in [0.15, 0.2) is 11.6 Å². The molecule has 0 atom stereocenters. The summed E-state index contributed by atoms with van der Waals surface area (Å²) in [6.45, 7) is 2.21. The van der Waals surface area contributed by atoms with Crippen molar-refractivity contribution in [3.63, 3.8) is 0 Å². The van der Waals surface area contributed by atoms with Crippen LogP contribution in [0.4, 0.5) is 0 Å². The number of ether oxygens (including phenoxy) is 1. The molecule has 0 aliphatic heterocycles. The lowest BCUT2D eigenvalue weighted by molar-refractivity contribution is 0.312. The van der Waals surface area contributed by atoms with Gasteiger partial charge >= 0.3 is 6.01 Å². The maximum Gasteiger partial charge on any atom is 0.320 e. The van der Waals surface area contributed by atoms with Gasteiger partial charge in [0.05, 0.1) is 6.61 Å². The fourth-order valence-corrected chi connectivity index (χ4v) is 4.47. The lowest BCUT2D eigenvalue weighted by atomic mass is 9.92. The normalized spacial score (nSPS) is 11.5. The Kier molecular flexibility index (Phi) is 4.26. The predicted molar refractivity (Wildman–Crippen MR) is 129 cm³/mol. The zero-order chi connectivity index (χ0) is 22.5. The Hall–Kier alpha value is -4.45. The summed E-state index contributed by atoms with van der Waals surface area (Å²) in [4.78, 5) is 13.5. The molecule has 6 nitrogen and oxygen atoms in total. The molecule has 0 spiro atoms. The third-order valence-electron chi connectivity index (χ3n) is 5.90. The summed E-state index contributed by atoms with van der Waals surface area (Å²) < 4.78 is 5.61. The quantitative estimate of drug-likeness (QED) is 0.336. The Morgan fingerprint density at radius 3 is 2.00 bits per heavy atom. The van der Waals surface area contributed by atoms with E-state index in [1.165, 1.54) is 28.3 Å². The van der Waals surface area contributed by atoms with Crippen molar-refractivity contribution in [2.24, 2.45) is 0 Å². The zero-order valence-electron chi connectivity index (χ0n) is 17.8. The maximum atomic E-state index is 10.4. The summed E-state index contributed by atoms with van der Waals surface area (Å²) in [6.07, 6.45) is 0. The lowest BCUT2D eigenvalue weighted by Gasteiger charge is -2.14. The van der Waals surface area contributed by atoms with Crippen LogP contribution in [0.25, 0.3) is 55.1 Å². The largest absolute Gasteiger partial charge is 0.507 e. The molecule has 5 aromatic carbocycles. The van der Waals surface area contributed by atoms with Crippen LogP contribution in [-0.2, 0) is 0 Å². The number of benzene rings is 5. The number of rotatable bonds is 4. The topological polar surface area (TPSA) is 88.4 Å². The van der Waals surface area contributed by atoms with Crippen molar-refractivity contribution in [2.75, 3.05) is 6.61 Å².